The number of likely N-dealkylation sites (tertiary alicyclic amines) is 1. The molecule has 0 atom stereocenters. The molecule has 1 saturated heterocycles. The van der Waals surface area contributed by atoms with Crippen LogP contribution >= 0.6 is 0 Å². The first-order chi connectivity index (χ1) is 14.2. The molecule has 1 aliphatic heterocycles. The maximum absolute atomic E-state index is 11.8. The molecule has 1 amide bonds. The van der Waals surface area contributed by atoms with Gasteiger partial charge in [0.05, 0.1) is 18.5 Å². The number of hydrogen-bond acceptors (Lipinski definition) is 4. The van der Waals surface area contributed by atoms with Crippen molar-refractivity contribution in [1.82, 2.24) is 14.8 Å². The van der Waals surface area contributed by atoms with Crippen molar-refractivity contribution < 1.29 is 14.4 Å². The molecule has 0 saturated carbocycles. The lowest BCUT2D eigenvalue weighted by molar-refractivity contribution is 0.0691. The van der Waals surface area contributed by atoms with Gasteiger partial charge in [-0.05, 0) is 38.2 Å². The minimum atomic E-state index is -0.209. The zero-order chi connectivity index (χ0) is 21.6. The van der Waals surface area contributed by atoms with Gasteiger partial charge in [0.1, 0.15) is 6.61 Å². The van der Waals surface area contributed by atoms with Crippen LogP contribution in [-0.2, 0) is 11.3 Å². The van der Waals surface area contributed by atoms with E-state index >= 15 is 0 Å². The molecule has 0 bridgehead atoms. The van der Waals surface area contributed by atoms with Crippen molar-refractivity contribution >= 4 is 6.09 Å². The predicted octanol–water partition coefficient (Wildman–Crippen LogP) is 5.21. The van der Waals surface area contributed by atoms with Gasteiger partial charge in [-0.15, -0.1) is 9.94 Å². The van der Waals surface area contributed by atoms with Gasteiger partial charge in [0.2, 0.25) is 0 Å². The number of piperidine rings is 1. The van der Waals surface area contributed by atoms with Gasteiger partial charge in [-0.3, -0.25) is 0 Å². The Morgan fingerprint density at radius 3 is 2.31 bits per heavy atom. The normalized spacial score (nSPS) is 13.5. The summed E-state index contributed by atoms with van der Waals surface area (Å²) in [5.74, 6) is 0.403. The number of amides is 1. The quantitative estimate of drug-likeness (QED) is 0.688. The first-order valence-corrected chi connectivity index (χ1v) is 10.8. The number of carbonyl (C=O) groups excluding carboxylic acids is 1. The Hall–Kier alpha value is -2.50. The van der Waals surface area contributed by atoms with E-state index < -0.39 is 0 Å². The van der Waals surface area contributed by atoms with Crippen molar-refractivity contribution in [2.24, 2.45) is 0 Å². The molecule has 0 aliphatic carbocycles. The Balaban J connectivity index is 0.000000989. The minimum absolute atomic E-state index is 0.209. The number of benzene rings is 1. The third-order valence-corrected chi connectivity index (χ3v) is 4.58. The zero-order valence-corrected chi connectivity index (χ0v) is 18.9. The highest BCUT2D eigenvalue weighted by Gasteiger charge is 2.26. The summed E-state index contributed by atoms with van der Waals surface area (Å²) >= 11 is 0. The van der Waals surface area contributed by atoms with E-state index in [1.165, 1.54) is 5.56 Å². The molecule has 29 heavy (non-hydrogen) atoms. The molecule has 1 aromatic carbocycles. The fraction of sp³-hybridized carbons (Fsp3) is 0.565. The highest BCUT2D eigenvalue weighted by molar-refractivity contribution is 5.67. The van der Waals surface area contributed by atoms with E-state index in [0.29, 0.717) is 19.1 Å². The van der Waals surface area contributed by atoms with Gasteiger partial charge >= 0.3 is 6.09 Å². The summed E-state index contributed by atoms with van der Waals surface area (Å²) in [4.78, 5) is 20.9. The molecule has 1 aromatic heterocycles. The summed E-state index contributed by atoms with van der Waals surface area (Å²) < 4.78 is 5.07. The van der Waals surface area contributed by atoms with Crippen molar-refractivity contribution in [1.29, 1.82) is 0 Å². The standard InChI is InChI=1S/C19H25N3O3.2C2H6/c1-3-24-19(23)21-11-9-17(10-12-21)18-13-22(20-15(18)2)25-14-16-7-5-4-6-8-16;2*1-2/h4-8,13,17H,3,9-12,14H2,1-2H3;2*1-2H3. The molecule has 0 N–H and O–H groups in total. The van der Waals surface area contributed by atoms with Gasteiger partial charge in [0.15, 0.2) is 0 Å². The number of hydrogen-bond donors (Lipinski definition) is 0. The lowest BCUT2D eigenvalue weighted by Crippen LogP contribution is -2.38. The van der Waals surface area contributed by atoms with Crippen molar-refractivity contribution in [3.8, 4) is 0 Å². The second-order valence-corrected chi connectivity index (χ2v) is 6.29. The molecule has 0 unspecified atom stereocenters. The smallest absolute Gasteiger partial charge is 0.409 e. The van der Waals surface area contributed by atoms with E-state index in [4.69, 9.17) is 9.57 Å². The average Bonchev–Trinajstić information content (AvgIpc) is 3.16. The number of aryl methyl sites for hydroxylation is 1. The van der Waals surface area contributed by atoms with Gasteiger partial charge in [-0.1, -0.05) is 58.0 Å². The topological polar surface area (TPSA) is 56.6 Å². The predicted molar refractivity (Wildman–Crippen MR) is 117 cm³/mol. The largest absolute Gasteiger partial charge is 0.450 e. The average molecular weight is 404 g/mol. The molecule has 162 valence electrons. The summed E-state index contributed by atoms with van der Waals surface area (Å²) in [6.45, 7) is 14.2. The van der Waals surface area contributed by atoms with Crippen LogP contribution in [0.15, 0.2) is 36.5 Å². The number of aromatic nitrogens is 2. The highest BCUT2D eigenvalue weighted by atomic mass is 16.7. The number of rotatable bonds is 5. The number of ether oxygens (including phenoxy) is 1. The number of nitrogens with zero attached hydrogens (tertiary/aromatic N) is 3. The van der Waals surface area contributed by atoms with E-state index in [-0.39, 0.29) is 6.09 Å². The van der Waals surface area contributed by atoms with Gasteiger partial charge in [0, 0.05) is 18.7 Å². The zero-order valence-electron chi connectivity index (χ0n) is 18.9. The Morgan fingerprint density at radius 2 is 1.72 bits per heavy atom. The second-order valence-electron chi connectivity index (χ2n) is 6.29. The molecule has 0 radical (unpaired) electrons. The number of carbonyl (C=O) groups is 1. The fourth-order valence-corrected chi connectivity index (χ4v) is 3.22. The lowest BCUT2D eigenvalue weighted by atomic mass is 9.90. The van der Waals surface area contributed by atoms with Gasteiger partial charge in [-0.2, -0.15) is 0 Å². The molecular formula is C23H37N3O3. The molecule has 6 nitrogen and oxygen atoms in total. The van der Waals surface area contributed by atoms with Crippen LogP contribution in [0.1, 0.15) is 70.2 Å². The van der Waals surface area contributed by atoms with E-state index in [1.807, 2.05) is 78.1 Å². The van der Waals surface area contributed by atoms with Gasteiger partial charge in [-0.25, -0.2) is 4.79 Å². The third kappa shape index (κ3) is 7.44. The second kappa shape index (κ2) is 13.6. The maximum atomic E-state index is 11.8. The van der Waals surface area contributed by atoms with Crippen LogP contribution in [0.5, 0.6) is 0 Å². The molecule has 3 rings (SSSR count). The molecule has 1 fully saturated rings. The SMILES string of the molecule is CC.CC.CCOC(=O)N1CCC(c2cn(OCc3ccccc3)nc2C)CC1. The first-order valence-electron chi connectivity index (χ1n) is 10.8. The van der Waals surface area contributed by atoms with Gasteiger partial charge < -0.3 is 14.5 Å². The Morgan fingerprint density at radius 1 is 1.10 bits per heavy atom. The van der Waals surface area contributed by atoms with Crippen LogP contribution in [0, 0.1) is 6.92 Å². The van der Waals surface area contributed by atoms with E-state index in [1.54, 1.807) is 9.75 Å². The van der Waals surface area contributed by atoms with Crippen LogP contribution < -0.4 is 4.84 Å². The van der Waals surface area contributed by atoms with Gasteiger partial charge in [0.25, 0.3) is 0 Å². The van der Waals surface area contributed by atoms with Crippen molar-refractivity contribution in [3.63, 3.8) is 0 Å². The first kappa shape index (κ1) is 24.5. The summed E-state index contributed by atoms with van der Waals surface area (Å²) in [6.07, 6.45) is 3.61. The molecular weight excluding hydrogens is 366 g/mol. The van der Waals surface area contributed by atoms with Crippen LogP contribution in [0.2, 0.25) is 0 Å². The van der Waals surface area contributed by atoms with Crippen LogP contribution in [0.25, 0.3) is 0 Å². The lowest BCUT2D eigenvalue weighted by Gasteiger charge is -2.31. The molecule has 1 aliphatic rings. The Bertz CT molecular complexity index is 693. The van der Waals surface area contributed by atoms with E-state index in [9.17, 15) is 4.79 Å². The monoisotopic (exact) mass is 403 g/mol. The van der Waals surface area contributed by atoms with E-state index in [0.717, 1.165) is 37.2 Å². The fourth-order valence-electron chi connectivity index (χ4n) is 3.22. The van der Waals surface area contributed by atoms with Crippen LogP contribution in [0.4, 0.5) is 4.79 Å². The Kier molecular flexibility index (Phi) is 11.5. The van der Waals surface area contributed by atoms with E-state index in [2.05, 4.69) is 5.10 Å². The summed E-state index contributed by atoms with van der Waals surface area (Å²) in [5, 5.41) is 4.47. The third-order valence-electron chi connectivity index (χ3n) is 4.58. The van der Waals surface area contributed by atoms with Crippen LogP contribution in [0.3, 0.4) is 0 Å². The minimum Gasteiger partial charge on any atom is -0.450 e. The Labute approximate surface area is 175 Å². The summed E-state index contributed by atoms with van der Waals surface area (Å²) in [5.41, 5.74) is 3.30. The molecule has 6 heteroatoms. The highest BCUT2D eigenvalue weighted by Crippen LogP contribution is 2.29. The van der Waals surface area contributed by atoms with Crippen molar-refractivity contribution in [3.05, 3.63) is 53.3 Å². The molecule has 2 aromatic rings. The summed E-state index contributed by atoms with van der Waals surface area (Å²) in [7, 11) is 0. The maximum Gasteiger partial charge on any atom is 0.409 e. The molecule has 0 spiro atoms. The van der Waals surface area contributed by atoms with Crippen LogP contribution in [-0.4, -0.2) is 40.6 Å². The van der Waals surface area contributed by atoms with Crippen molar-refractivity contribution in [2.75, 3.05) is 19.7 Å². The summed E-state index contributed by atoms with van der Waals surface area (Å²) in [6, 6.07) is 10.0. The molecule has 2 heterocycles. The van der Waals surface area contributed by atoms with Crippen molar-refractivity contribution in [2.45, 2.75) is 66.9 Å².